The number of nitrogens with zero attached hydrogens (tertiary/aromatic N) is 1. The Hall–Kier alpha value is -2.71. The third kappa shape index (κ3) is 4.17. The average Bonchev–Trinajstić information content (AvgIpc) is 3.22. The van der Waals surface area contributed by atoms with Crippen molar-refractivity contribution in [1.29, 1.82) is 0 Å². The number of benzene rings is 2. The lowest BCUT2D eigenvalue weighted by atomic mass is 10.1. The van der Waals surface area contributed by atoms with E-state index in [4.69, 9.17) is 10.5 Å². The Bertz CT molecular complexity index is 920. The molecular formula is C19H20N2O5S. The minimum absolute atomic E-state index is 0.121. The highest BCUT2D eigenvalue weighted by Gasteiger charge is 2.28. The van der Waals surface area contributed by atoms with Crippen molar-refractivity contribution in [3.8, 4) is 0 Å². The van der Waals surface area contributed by atoms with Gasteiger partial charge in [-0.05, 0) is 37.1 Å². The Morgan fingerprint density at radius 2 is 1.56 bits per heavy atom. The second kappa shape index (κ2) is 7.89. The van der Waals surface area contributed by atoms with Crippen LogP contribution in [-0.4, -0.2) is 37.7 Å². The van der Waals surface area contributed by atoms with E-state index in [2.05, 4.69) is 0 Å². The van der Waals surface area contributed by atoms with Crippen molar-refractivity contribution in [3.63, 3.8) is 0 Å². The molecule has 142 valence electrons. The van der Waals surface area contributed by atoms with Gasteiger partial charge in [0.1, 0.15) is 0 Å². The molecule has 0 radical (unpaired) electrons. The molecule has 0 spiro atoms. The van der Waals surface area contributed by atoms with Crippen LogP contribution in [0.25, 0.3) is 0 Å². The summed E-state index contributed by atoms with van der Waals surface area (Å²) in [7, 11) is -3.55. The van der Waals surface area contributed by atoms with E-state index in [1.807, 2.05) is 0 Å². The molecule has 1 heterocycles. The first-order valence-corrected chi connectivity index (χ1v) is 9.99. The third-order valence-corrected chi connectivity index (χ3v) is 6.29. The standard InChI is InChI=1S/C19H20N2O5S/c20-18(22)17(14-6-2-1-3-7-14)26-19(23)15-8-10-16(11-9-15)27(24,25)21-12-4-5-13-21/h1-3,6-11,17H,4-5,12-13H2,(H2,20,22)/t17-/m0/s1. The number of nitrogens with two attached hydrogens (primary N) is 1. The summed E-state index contributed by atoms with van der Waals surface area (Å²) < 4.78 is 31.7. The fraction of sp³-hybridized carbons (Fsp3) is 0.263. The summed E-state index contributed by atoms with van der Waals surface area (Å²) in [5.74, 6) is -1.55. The Kier molecular flexibility index (Phi) is 5.57. The predicted molar refractivity (Wildman–Crippen MR) is 98.2 cm³/mol. The van der Waals surface area contributed by atoms with Gasteiger partial charge in [0.25, 0.3) is 5.91 Å². The lowest BCUT2D eigenvalue weighted by Gasteiger charge is -2.16. The molecule has 1 aliphatic rings. The van der Waals surface area contributed by atoms with Crippen molar-refractivity contribution in [2.24, 2.45) is 5.73 Å². The minimum atomic E-state index is -3.55. The Labute approximate surface area is 157 Å². The van der Waals surface area contributed by atoms with Gasteiger partial charge in [-0.15, -0.1) is 0 Å². The molecule has 2 aromatic rings. The number of amides is 1. The Morgan fingerprint density at radius 1 is 0.963 bits per heavy atom. The maximum absolute atomic E-state index is 12.5. The number of ether oxygens (including phenoxy) is 1. The first-order valence-electron chi connectivity index (χ1n) is 8.55. The first kappa shape index (κ1) is 19.1. The van der Waals surface area contributed by atoms with Crippen LogP contribution in [0.3, 0.4) is 0 Å². The zero-order chi connectivity index (χ0) is 19.4. The van der Waals surface area contributed by atoms with Crippen LogP contribution in [0.1, 0.15) is 34.9 Å². The van der Waals surface area contributed by atoms with Gasteiger partial charge in [-0.25, -0.2) is 13.2 Å². The van der Waals surface area contributed by atoms with E-state index in [0.717, 1.165) is 12.8 Å². The number of carbonyl (C=O) groups is 2. The summed E-state index contributed by atoms with van der Waals surface area (Å²) in [6.07, 6.45) is 0.474. The van der Waals surface area contributed by atoms with E-state index >= 15 is 0 Å². The molecule has 8 heteroatoms. The van der Waals surface area contributed by atoms with E-state index in [1.54, 1.807) is 30.3 Å². The van der Waals surface area contributed by atoms with Crippen molar-refractivity contribution in [1.82, 2.24) is 4.31 Å². The number of esters is 1. The minimum Gasteiger partial charge on any atom is -0.444 e. The van der Waals surface area contributed by atoms with Gasteiger partial charge >= 0.3 is 5.97 Å². The highest BCUT2D eigenvalue weighted by atomic mass is 32.2. The molecule has 3 rings (SSSR count). The van der Waals surface area contributed by atoms with Crippen molar-refractivity contribution in [3.05, 3.63) is 65.7 Å². The summed E-state index contributed by atoms with van der Waals surface area (Å²) in [6.45, 7) is 1.01. The molecule has 0 aliphatic carbocycles. The van der Waals surface area contributed by atoms with Crippen LogP contribution in [0.15, 0.2) is 59.5 Å². The summed E-state index contributed by atoms with van der Waals surface area (Å²) >= 11 is 0. The van der Waals surface area contributed by atoms with Crippen LogP contribution in [0.4, 0.5) is 0 Å². The molecule has 0 bridgehead atoms. The fourth-order valence-corrected chi connectivity index (χ4v) is 4.45. The van der Waals surface area contributed by atoms with E-state index in [1.165, 1.54) is 28.6 Å². The van der Waals surface area contributed by atoms with E-state index < -0.39 is 28.0 Å². The average molecular weight is 388 g/mol. The van der Waals surface area contributed by atoms with Gasteiger partial charge < -0.3 is 10.5 Å². The van der Waals surface area contributed by atoms with Gasteiger partial charge in [-0.3, -0.25) is 4.79 Å². The zero-order valence-corrected chi connectivity index (χ0v) is 15.4. The van der Waals surface area contributed by atoms with Crippen molar-refractivity contribution >= 4 is 21.9 Å². The maximum atomic E-state index is 12.5. The van der Waals surface area contributed by atoms with E-state index in [-0.39, 0.29) is 10.5 Å². The Morgan fingerprint density at radius 3 is 2.11 bits per heavy atom. The summed E-state index contributed by atoms with van der Waals surface area (Å²) in [5.41, 5.74) is 5.95. The molecule has 2 aromatic carbocycles. The molecule has 27 heavy (non-hydrogen) atoms. The lowest BCUT2D eigenvalue weighted by Crippen LogP contribution is -2.28. The van der Waals surface area contributed by atoms with Crippen molar-refractivity contribution in [2.75, 3.05) is 13.1 Å². The summed E-state index contributed by atoms with van der Waals surface area (Å²) in [6, 6.07) is 13.9. The highest BCUT2D eigenvalue weighted by molar-refractivity contribution is 7.89. The molecule has 1 aliphatic heterocycles. The molecule has 1 fully saturated rings. The van der Waals surface area contributed by atoms with Crippen molar-refractivity contribution < 1.29 is 22.7 Å². The quantitative estimate of drug-likeness (QED) is 0.760. The van der Waals surface area contributed by atoms with Gasteiger partial charge in [-0.2, -0.15) is 4.31 Å². The molecule has 1 saturated heterocycles. The van der Waals surface area contributed by atoms with Gasteiger partial charge in [-0.1, -0.05) is 30.3 Å². The number of sulfonamides is 1. The monoisotopic (exact) mass is 388 g/mol. The van der Waals surface area contributed by atoms with Crippen LogP contribution in [0.5, 0.6) is 0 Å². The third-order valence-electron chi connectivity index (χ3n) is 4.38. The molecule has 0 saturated carbocycles. The topological polar surface area (TPSA) is 107 Å². The lowest BCUT2D eigenvalue weighted by molar-refractivity contribution is -0.127. The second-order valence-corrected chi connectivity index (χ2v) is 8.17. The van der Waals surface area contributed by atoms with Crippen molar-refractivity contribution in [2.45, 2.75) is 23.8 Å². The zero-order valence-electron chi connectivity index (χ0n) is 14.6. The number of rotatable bonds is 6. The maximum Gasteiger partial charge on any atom is 0.339 e. The molecule has 2 N–H and O–H groups in total. The van der Waals surface area contributed by atoms with Crippen LogP contribution in [-0.2, 0) is 19.6 Å². The molecule has 0 aromatic heterocycles. The number of carbonyl (C=O) groups excluding carboxylic acids is 2. The van der Waals surface area contributed by atoms with Gasteiger partial charge in [0.05, 0.1) is 10.5 Å². The summed E-state index contributed by atoms with van der Waals surface area (Å²) in [4.78, 5) is 24.1. The molecular weight excluding hydrogens is 368 g/mol. The fourth-order valence-electron chi connectivity index (χ4n) is 2.93. The first-order chi connectivity index (χ1) is 12.9. The van der Waals surface area contributed by atoms with Gasteiger partial charge in [0.15, 0.2) is 0 Å². The SMILES string of the molecule is NC(=O)[C@@H](OC(=O)c1ccc(S(=O)(=O)N2CCCC2)cc1)c1ccccc1. The molecule has 0 unspecified atom stereocenters. The van der Waals surface area contributed by atoms with Gasteiger partial charge in [0.2, 0.25) is 16.1 Å². The van der Waals surface area contributed by atoms with Crippen LogP contribution in [0, 0.1) is 0 Å². The molecule has 7 nitrogen and oxygen atoms in total. The largest absolute Gasteiger partial charge is 0.444 e. The normalized spacial score (nSPS) is 16.0. The number of hydrogen-bond donors (Lipinski definition) is 1. The van der Waals surface area contributed by atoms with Crippen LogP contribution < -0.4 is 5.73 Å². The van der Waals surface area contributed by atoms with E-state index in [0.29, 0.717) is 18.7 Å². The summed E-state index contributed by atoms with van der Waals surface area (Å²) in [5, 5.41) is 0. The van der Waals surface area contributed by atoms with Crippen LogP contribution in [0.2, 0.25) is 0 Å². The van der Waals surface area contributed by atoms with E-state index in [9.17, 15) is 18.0 Å². The second-order valence-electron chi connectivity index (χ2n) is 6.23. The highest BCUT2D eigenvalue weighted by Crippen LogP contribution is 2.23. The van der Waals surface area contributed by atoms with Gasteiger partial charge in [0, 0.05) is 18.7 Å². The number of hydrogen-bond acceptors (Lipinski definition) is 5. The Balaban J connectivity index is 1.76. The molecule has 1 amide bonds. The molecule has 1 atom stereocenters. The number of primary amides is 1. The van der Waals surface area contributed by atoms with Crippen LogP contribution >= 0.6 is 0 Å². The smallest absolute Gasteiger partial charge is 0.339 e. The predicted octanol–water partition coefficient (Wildman–Crippen LogP) is 1.85.